The minimum absolute atomic E-state index is 0.262. The lowest BCUT2D eigenvalue weighted by Crippen LogP contribution is -2.23. The fourth-order valence-corrected chi connectivity index (χ4v) is 3.46. The van der Waals surface area contributed by atoms with E-state index < -0.39 is 0 Å². The molecule has 1 saturated carbocycles. The Bertz CT molecular complexity index is 726. The number of anilines is 1. The molecule has 23 heavy (non-hydrogen) atoms. The number of fused-ring (bicyclic) bond motifs is 1. The number of nitrogens with zero attached hydrogens (tertiary/aromatic N) is 3. The van der Waals surface area contributed by atoms with Crippen molar-refractivity contribution in [3.05, 3.63) is 29.6 Å². The van der Waals surface area contributed by atoms with Crippen molar-refractivity contribution in [1.29, 1.82) is 0 Å². The van der Waals surface area contributed by atoms with Crippen molar-refractivity contribution in [2.45, 2.75) is 37.6 Å². The molecule has 120 valence electrons. The van der Waals surface area contributed by atoms with Crippen LogP contribution in [-0.4, -0.2) is 29.9 Å². The van der Waals surface area contributed by atoms with Gasteiger partial charge in [-0.15, -0.1) is 0 Å². The molecule has 1 aromatic heterocycles. The summed E-state index contributed by atoms with van der Waals surface area (Å²) in [6.45, 7) is 2.18. The average molecular weight is 313 g/mol. The fraction of sp³-hybridized carbons (Fsp3) is 0.529. The van der Waals surface area contributed by atoms with E-state index in [1.807, 2.05) is 6.07 Å². The Morgan fingerprint density at radius 1 is 1.04 bits per heavy atom. The quantitative estimate of drug-likeness (QED) is 0.868. The Labute approximate surface area is 134 Å². The zero-order valence-corrected chi connectivity index (χ0v) is 12.9. The molecule has 1 unspecified atom stereocenters. The fourth-order valence-electron chi connectivity index (χ4n) is 3.46. The number of hydrogen-bond acceptors (Lipinski definition) is 6. The van der Waals surface area contributed by atoms with Gasteiger partial charge in [0.1, 0.15) is 13.2 Å². The van der Waals surface area contributed by atoms with E-state index >= 15 is 0 Å². The Balaban J connectivity index is 1.44. The zero-order valence-electron chi connectivity index (χ0n) is 12.9. The van der Waals surface area contributed by atoms with Gasteiger partial charge in [-0.25, -0.2) is 0 Å². The van der Waals surface area contributed by atoms with Gasteiger partial charge < -0.3 is 18.9 Å². The minimum atomic E-state index is 0.262. The summed E-state index contributed by atoms with van der Waals surface area (Å²) in [5.74, 6) is 3.05. The molecular formula is C17H19N3O3. The van der Waals surface area contributed by atoms with E-state index in [1.165, 1.54) is 18.4 Å². The molecule has 2 fully saturated rings. The average Bonchev–Trinajstić information content (AvgIpc) is 3.12. The van der Waals surface area contributed by atoms with Crippen molar-refractivity contribution in [1.82, 2.24) is 10.1 Å². The van der Waals surface area contributed by atoms with Crippen LogP contribution in [0.25, 0.3) is 0 Å². The van der Waals surface area contributed by atoms with E-state index in [1.54, 1.807) is 0 Å². The van der Waals surface area contributed by atoms with Crippen LogP contribution < -0.4 is 14.4 Å². The van der Waals surface area contributed by atoms with Gasteiger partial charge in [0.2, 0.25) is 0 Å². The van der Waals surface area contributed by atoms with Crippen molar-refractivity contribution in [3.63, 3.8) is 0 Å². The summed E-state index contributed by atoms with van der Waals surface area (Å²) in [7, 11) is 0. The molecule has 0 bridgehead atoms. The Hall–Kier alpha value is -2.24. The molecule has 3 aliphatic rings. The Morgan fingerprint density at radius 2 is 1.91 bits per heavy atom. The lowest BCUT2D eigenvalue weighted by atomic mass is 10.0. The largest absolute Gasteiger partial charge is 0.486 e. The van der Waals surface area contributed by atoms with Crippen LogP contribution in [0.2, 0.25) is 0 Å². The first-order valence-corrected chi connectivity index (χ1v) is 8.38. The van der Waals surface area contributed by atoms with E-state index in [2.05, 4.69) is 27.2 Å². The van der Waals surface area contributed by atoms with Crippen LogP contribution in [0.5, 0.6) is 11.5 Å². The van der Waals surface area contributed by atoms with Crippen molar-refractivity contribution in [2.75, 3.05) is 24.7 Å². The highest BCUT2D eigenvalue weighted by Gasteiger charge is 2.34. The topological polar surface area (TPSA) is 60.6 Å². The molecule has 2 aliphatic heterocycles. The highest BCUT2D eigenvalue weighted by atomic mass is 16.6. The zero-order chi connectivity index (χ0) is 15.2. The number of ether oxygens (including phenoxy) is 2. The van der Waals surface area contributed by atoms with Crippen LogP contribution in [0.15, 0.2) is 22.7 Å². The molecule has 6 heteroatoms. The van der Waals surface area contributed by atoms with Gasteiger partial charge in [-0.05, 0) is 43.4 Å². The SMILES string of the molecule is c1cc2c(cc1C1CCCN1c1nc(C3CC3)no1)OCCO2. The first kappa shape index (κ1) is 13.2. The van der Waals surface area contributed by atoms with E-state index in [9.17, 15) is 0 Å². The van der Waals surface area contributed by atoms with Crippen molar-refractivity contribution >= 4 is 6.01 Å². The van der Waals surface area contributed by atoms with Crippen LogP contribution in [0.1, 0.15) is 49.0 Å². The minimum Gasteiger partial charge on any atom is -0.486 e. The summed E-state index contributed by atoms with van der Waals surface area (Å²) >= 11 is 0. The van der Waals surface area contributed by atoms with E-state index in [-0.39, 0.29) is 6.04 Å². The van der Waals surface area contributed by atoms with Gasteiger partial charge in [-0.3, -0.25) is 0 Å². The van der Waals surface area contributed by atoms with Crippen LogP contribution in [-0.2, 0) is 0 Å². The van der Waals surface area contributed by atoms with E-state index in [0.717, 1.165) is 36.7 Å². The normalized spacial score (nSPS) is 23.3. The number of aromatic nitrogens is 2. The third-order valence-electron chi connectivity index (χ3n) is 4.82. The maximum Gasteiger partial charge on any atom is 0.324 e. The maximum atomic E-state index is 5.71. The molecule has 0 radical (unpaired) electrons. The number of benzene rings is 1. The van der Waals surface area contributed by atoms with Crippen molar-refractivity contribution in [3.8, 4) is 11.5 Å². The molecule has 0 N–H and O–H groups in total. The molecule has 0 spiro atoms. The van der Waals surface area contributed by atoms with Crippen molar-refractivity contribution in [2.24, 2.45) is 0 Å². The lowest BCUT2D eigenvalue weighted by Gasteiger charge is -2.25. The molecule has 3 heterocycles. The lowest BCUT2D eigenvalue weighted by molar-refractivity contribution is 0.171. The van der Waals surface area contributed by atoms with Crippen LogP contribution in [0, 0.1) is 0 Å². The van der Waals surface area contributed by atoms with Gasteiger partial charge in [0.25, 0.3) is 0 Å². The molecular weight excluding hydrogens is 294 g/mol. The number of rotatable bonds is 3. The Morgan fingerprint density at radius 3 is 2.78 bits per heavy atom. The maximum absolute atomic E-state index is 5.71. The van der Waals surface area contributed by atoms with E-state index in [4.69, 9.17) is 14.0 Å². The van der Waals surface area contributed by atoms with Crippen LogP contribution in [0.3, 0.4) is 0 Å². The van der Waals surface area contributed by atoms with Crippen LogP contribution >= 0.6 is 0 Å². The molecule has 5 rings (SSSR count). The third-order valence-corrected chi connectivity index (χ3v) is 4.82. The summed E-state index contributed by atoms with van der Waals surface area (Å²) < 4.78 is 16.8. The van der Waals surface area contributed by atoms with Gasteiger partial charge in [0.15, 0.2) is 17.3 Å². The smallest absolute Gasteiger partial charge is 0.324 e. The molecule has 1 atom stereocenters. The molecule has 6 nitrogen and oxygen atoms in total. The van der Waals surface area contributed by atoms with Gasteiger partial charge in [-0.2, -0.15) is 4.98 Å². The first-order valence-electron chi connectivity index (χ1n) is 8.38. The standard InChI is InChI=1S/C17H19N3O3/c1-2-13(12-5-6-14-15(10-12)22-9-8-21-14)20(7-1)17-18-16(19-23-17)11-3-4-11/h5-6,10-11,13H,1-4,7-9H2. The van der Waals surface area contributed by atoms with Gasteiger partial charge in [0, 0.05) is 12.5 Å². The Kier molecular flexibility index (Phi) is 2.96. The molecule has 2 aromatic rings. The summed E-state index contributed by atoms with van der Waals surface area (Å²) in [5.41, 5.74) is 1.22. The second-order valence-corrected chi connectivity index (χ2v) is 6.46. The third kappa shape index (κ3) is 2.33. The first-order chi connectivity index (χ1) is 11.4. The highest BCUT2D eigenvalue weighted by molar-refractivity contribution is 5.47. The molecule has 1 aromatic carbocycles. The van der Waals surface area contributed by atoms with Gasteiger partial charge >= 0.3 is 6.01 Å². The van der Waals surface area contributed by atoms with Gasteiger partial charge in [0.05, 0.1) is 6.04 Å². The summed E-state index contributed by atoms with van der Waals surface area (Å²) in [4.78, 5) is 6.84. The summed E-state index contributed by atoms with van der Waals surface area (Å²) in [6.07, 6.45) is 4.58. The summed E-state index contributed by atoms with van der Waals surface area (Å²) in [5, 5.41) is 4.15. The highest BCUT2D eigenvalue weighted by Crippen LogP contribution is 2.42. The molecule has 1 aliphatic carbocycles. The summed E-state index contributed by atoms with van der Waals surface area (Å²) in [6, 6.07) is 7.14. The van der Waals surface area contributed by atoms with Crippen molar-refractivity contribution < 1.29 is 14.0 Å². The molecule has 0 amide bonds. The monoisotopic (exact) mass is 313 g/mol. The van der Waals surface area contributed by atoms with Gasteiger partial charge in [-0.1, -0.05) is 11.2 Å². The number of hydrogen-bond donors (Lipinski definition) is 0. The van der Waals surface area contributed by atoms with Crippen LogP contribution in [0.4, 0.5) is 6.01 Å². The predicted molar refractivity (Wildman–Crippen MR) is 83.0 cm³/mol. The van der Waals surface area contributed by atoms with E-state index in [0.29, 0.717) is 25.1 Å². The predicted octanol–water partition coefficient (Wildman–Crippen LogP) is 3.06. The second-order valence-electron chi connectivity index (χ2n) is 6.46. The molecule has 1 saturated heterocycles. The second kappa shape index (κ2) is 5.15.